The summed E-state index contributed by atoms with van der Waals surface area (Å²) in [5, 5.41) is 10.6. The maximum absolute atomic E-state index is 6.51. The molecule has 4 N–H and O–H groups in total. The van der Waals surface area contributed by atoms with E-state index in [4.69, 9.17) is 33.7 Å². The molecule has 0 bridgehead atoms. The van der Waals surface area contributed by atoms with Gasteiger partial charge in [-0.25, -0.2) is 5.10 Å². The second kappa shape index (κ2) is 8.93. The summed E-state index contributed by atoms with van der Waals surface area (Å²) < 4.78 is 5.90. The van der Waals surface area contributed by atoms with Crippen LogP contribution in [0.25, 0.3) is 11.1 Å². The largest absolute Gasteiger partial charge is 0.494 e. The molecule has 0 saturated heterocycles. The molecule has 0 amide bonds. The first-order valence-corrected chi connectivity index (χ1v) is 10.5. The summed E-state index contributed by atoms with van der Waals surface area (Å²) in [5.41, 5.74) is 7.91. The Morgan fingerprint density at radius 2 is 1.79 bits per heavy atom. The number of anilines is 3. The molecular formula is C21H23Cl2N5O. The molecule has 3 aromatic rings. The summed E-state index contributed by atoms with van der Waals surface area (Å²) in [4.78, 5) is 4.01. The zero-order chi connectivity index (χ0) is 20.2. The first-order chi connectivity index (χ1) is 14.1. The second-order valence-electron chi connectivity index (χ2n) is 7.30. The van der Waals surface area contributed by atoms with Gasteiger partial charge in [0.1, 0.15) is 5.75 Å². The quantitative estimate of drug-likeness (QED) is 0.422. The van der Waals surface area contributed by atoms with Gasteiger partial charge in [-0.3, -0.25) is 0 Å². The Bertz CT molecular complexity index is 944. The Balaban J connectivity index is 1.43. The summed E-state index contributed by atoms with van der Waals surface area (Å²) in [5.74, 6) is 2.26. The zero-order valence-electron chi connectivity index (χ0n) is 15.9. The van der Waals surface area contributed by atoms with Crippen LogP contribution in [0.4, 0.5) is 17.6 Å². The maximum Gasteiger partial charge on any atom is 0.248 e. The van der Waals surface area contributed by atoms with Crippen LogP contribution in [0.2, 0.25) is 10.0 Å². The highest BCUT2D eigenvalue weighted by Gasteiger charge is 2.15. The monoisotopic (exact) mass is 431 g/mol. The topological polar surface area (TPSA) is 88.8 Å². The van der Waals surface area contributed by atoms with E-state index in [2.05, 4.69) is 20.5 Å². The normalized spacial score (nSPS) is 14.3. The number of nitrogen functional groups attached to an aromatic ring is 1. The third kappa shape index (κ3) is 4.95. The van der Waals surface area contributed by atoms with Crippen molar-refractivity contribution < 1.29 is 4.74 Å². The van der Waals surface area contributed by atoms with Crippen molar-refractivity contribution in [2.24, 2.45) is 5.92 Å². The molecule has 0 aliphatic heterocycles. The fourth-order valence-electron chi connectivity index (χ4n) is 3.74. The van der Waals surface area contributed by atoms with Crippen molar-refractivity contribution >= 4 is 40.8 Å². The van der Waals surface area contributed by atoms with E-state index in [0.29, 0.717) is 21.7 Å². The van der Waals surface area contributed by atoms with E-state index in [1.165, 1.54) is 25.7 Å². The second-order valence-corrected chi connectivity index (χ2v) is 8.11. The Labute approximate surface area is 179 Å². The van der Waals surface area contributed by atoms with Crippen molar-refractivity contribution in [3.8, 4) is 16.9 Å². The molecule has 1 saturated carbocycles. The van der Waals surface area contributed by atoms with Crippen LogP contribution in [0.1, 0.15) is 32.1 Å². The van der Waals surface area contributed by atoms with Gasteiger partial charge in [-0.05, 0) is 42.2 Å². The summed E-state index contributed by atoms with van der Waals surface area (Å²) >= 11 is 13.0. The number of aromatic nitrogens is 3. The third-order valence-corrected chi connectivity index (χ3v) is 5.81. The van der Waals surface area contributed by atoms with Gasteiger partial charge >= 0.3 is 0 Å². The molecule has 1 fully saturated rings. The zero-order valence-corrected chi connectivity index (χ0v) is 17.4. The van der Waals surface area contributed by atoms with Crippen LogP contribution in [0.5, 0.6) is 5.75 Å². The van der Waals surface area contributed by atoms with Gasteiger partial charge in [0.15, 0.2) is 0 Å². The van der Waals surface area contributed by atoms with Crippen molar-refractivity contribution in [3.05, 3.63) is 46.4 Å². The summed E-state index contributed by atoms with van der Waals surface area (Å²) in [6, 6.07) is 11.4. The molecule has 8 heteroatoms. The van der Waals surface area contributed by atoms with Crippen LogP contribution in [0.3, 0.4) is 0 Å². The van der Waals surface area contributed by atoms with E-state index in [9.17, 15) is 0 Å². The maximum atomic E-state index is 6.51. The Morgan fingerprint density at radius 3 is 2.41 bits per heavy atom. The number of H-pyrrole nitrogens is 1. The number of rotatable bonds is 7. The number of nitrogens with two attached hydrogens (primary N) is 1. The Hall–Kier alpha value is -2.44. The van der Waals surface area contributed by atoms with Crippen LogP contribution < -0.4 is 15.8 Å². The molecule has 1 aliphatic carbocycles. The lowest BCUT2D eigenvalue weighted by Crippen LogP contribution is -2.03. The predicted octanol–water partition coefficient (Wildman–Crippen LogP) is 6.06. The number of halogens is 2. The van der Waals surface area contributed by atoms with Crippen LogP contribution >= 0.6 is 23.2 Å². The van der Waals surface area contributed by atoms with E-state index in [0.717, 1.165) is 35.8 Å². The summed E-state index contributed by atoms with van der Waals surface area (Å²) in [6.45, 7) is 0.762. The number of hydrogen-bond acceptors (Lipinski definition) is 5. The lowest BCUT2D eigenvalue weighted by molar-refractivity contribution is 0.279. The fourth-order valence-corrected chi connectivity index (χ4v) is 4.45. The average Bonchev–Trinajstić information content (AvgIpc) is 3.34. The van der Waals surface area contributed by atoms with Gasteiger partial charge in [0.25, 0.3) is 0 Å². The molecular weight excluding hydrogens is 409 g/mol. The van der Waals surface area contributed by atoms with Crippen LogP contribution in [0.15, 0.2) is 36.4 Å². The number of aromatic amines is 1. The van der Waals surface area contributed by atoms with E-state index >= 15 is 0 Å². The SMILES string of the molecule is Nc1nc(Nc2cc(Cl)c(-c3ccc(OCCC4CCCC4)cc3)c(Cl)c2)n[nH]1. The third-order valence-electron chi connectivity index (χ3n) is 5.21. The van der Waals surface area contributed by atoms with Crippen molar-refractivity contribution in [3.63, 3.8) is 0 Å². The highest BCUT2D eigenvalue weighted by Crippen LogP contribution is 2.38. The van der Waals surface area contributed by atoms with Gasteiger partial charge in [-0.1, -0.05) is 61.0 Å². The molecule has 0 atom stereocenters. The highest BCUT2D eigenvalue weighted by atomic mass is 35.5. The van der Waals surface area contributed by atoms with E-state index in [1.807, 2.05) is 24.3 Å². The van der Waals surface area contributed by atoms with Gasteiger partial charge in [0.2, 0.25) is 11.9 Å². The van der Waals surface area contributed by atoms with Crippen molar-refractivity contribution in [1.82, 2.24) is 15.2 Å². The van der Waals surface area contributed by atoms with Crippen LogP contribution in [-0.4, -0.2) is 21.8 Å². The number of nitrogens with one attached hydrogen (secondary N) is 2. The van der Waals surface area contributed by atoms with Crippen molar-refractivity contribution in [2.75, 3.05) is 17.7 Å². The van der Waals surface area contributed by atoms with Crippen LogP contribution in [0, 0.1) is 5.92 Å². The molecule has 1 heterocycles. The lowest BCUT2D eigenvalue weighted by Gasteiger charge is -2.13. The van der Waals surface area contributed by atoms with E-state index in [-0.39, 0.29) is 5.95 Å². The Morgan fingerprint density at radius 1 is 1.10 bits per heavy atom. The van der Waals surface area contributed by atoms with Crippen molar-refractivity contribution in [1.29, 1.82) is 0 Å². The first kappa shape index (κ1) is 19.9. The lowest BCUT2D eigenvalue weighted by atomic mass is 10.0. The van der Waals surface area contributed by atoms with Gasteiger partial charge in [-0.2, -0.15) is 4.98 Å². The summed E-state index contributed by atoms with van der Waals surface area (Å²) in [7, 11) is 0. The van der Waals surface area contributed by atoms with Crippen LogP contribution in [-0.2, 0) is 0 Å². The standard InChI is InChI=1S/C21H23Cl2N5O/c22-17-11-15(25-21-26-20(24)27-28-21)12-18(23)19(17)14-5-7-16(8-6-14)29-10-9-13-3-1-2-4-13/h5-8,11-13H,1-4,9-10H2,(H4,24,25,26,27,28). The first-order valence-electron chi connectivity index (χ1n) is 9.75. The van der Waals surface area contributed by atoms with Gasteiger partial charge in [0.05, 0.1) is 16.7 Å². The average molecular weight is 432 g/mol. The number of benzene rings is 2. The van der Waals surface area contributed by atoms with E-state index < -0.39 is 0 Å². The minimum Gasteiger partial charge on any atom is -0.494 e. The molecule has 1 aromatic heterocycles. The number of nitrogens with zero attached hydrogens (tertiary/aromatic N) is 2. The summed E-state index contributed by atoms with van der Waals surface area (Å²) in [6.07, 6.45) is 6.54. The molecule has 1 aliphatic rings. The molecule has 0 unspecified atom stereocenters. The highest BCUT2D eigenvalue weighted by molar-refractivity contribution is 6.39. The molecule has 2 aromatic carbocycles. The van der Waals surface area contributed by atoms with Gasteiger partial charge < -0.3 is 15.8 Å². The fraction of sp³-hybridized carbons (Fsp3) is 0.333. The molecule has 0 radical (unpaired) electrons. The molecule has 0 spiro atoms. The van der Waals surface area contributed by atoms with Crippen molar-refractivity contribution in [2.45, 2.75) is 32.1 Å². The molecule has 152 valence electrons. The minimum atomic E-state index is 0.229. The van der Waals surface area contributed by atoms with Gasteiger partial charge in [-0.15, -0.1) is 5.10 Å². The molecule has 6 nitrogen and oxygen atoms in total. The minimum absolute atomic E-state index is 0.229. The number of ether oxygens (including phenoxy) is 1. The predicted molar refractivity (Wildman–Crippen MR) is 118 cm³/mol. The smallest absolute Gasteiger partial charge is 0.248 e. The molecule has 4 rings (SSSR count). The Kier molecular flexibility index (Phi) is 6.11. The number of hydrogen-bond donors (Lipinski definition) is 3. The molecule has 29 heavy (non-hydrogen) atoms. The van der Waals surface area contributed by atoms with E-state index in [1.54, 1.807) is 12.1 Å². The van der Waals surface area contributed by atoms with Gasteiger partial charge in [0, 0.05) is 11.3 Å².